The first kappa shape index (κ1) is 17.2. The van der Waals surface area contributed by atoms with Crippen molar-refractivity contribution >= 4 is 5.96 Å². The van der Waals surface area contributed by atoms with Crippen molar-refractivity contribution in [3.8, 4) is 0 Å². The summed E-state index contributed by atoms with van der Waals surface area (Å²) in [4.78, 5) is 6.63. The molecule has 0 spiro atoms. The van der Waals surface area contributed by atoms with Crippen LogP contribution in [0.3, 0.4) is 0 Å². The van der Waals surface area contributed by atoms with Crippen LogP contribution in [0.15, 0.2) is 4.99 Å². The summed E-state index contributed by atoms with van der Waals surface area (Å²) in [6.45, 7) is 14.2. The van der Waals surface area contributed by atoms with Crippen molar-refractivity contribution in [2.24, 2.45) is 10.9 Å². The molecule has 0 heterocycles. The van der Waals surface area contributed by atoms with Crippen LogP contribution in [0.25, 0.3) is 0 Å². The van der Waals surface area contributed by atoms with Gasteiger partial charge >= 0.3 is 0 Å². The summed E-state index contributed by atoms with van der Waals surface area (Å²) in [6, 6.07) is 0. The summed E-state index contributed by atoms with van der Waals surface area (Å²) in [7, 11) is 1.83. The Hall–Kier alpha value is -0.770. The molecule has 4 nitrogen and oxygen atoms in total. The number of likely N-dealkylation sites (N-methyl/N-ethyl adjacent to an activating group) is 1. The van der Waals surface area contributed by atoms with E-state index in [1.165, 1.54) is 12.8 Å². The van der Waals surface area contributed by atoms with Crippen molar-refractivity contribution in [3.63, 3.8) is 0 Å². The summed E-state index contributed by atoms with van der Waals surface area (Å²) in [5, 5.41) is 6.71. The van der Waals surface area contributed by atoms with Gasteiger partial charge in [-0.1, -0.05) is 27.7 Å². The molecule has 0 aliphatic heterocycles. The molecular weight excluding hydrogens is 224 g/mol. The van der Waals surface area contributed by atoms with Crippen LogP contribution < -0.4 is 10.6 Å². The molecule has 0 amide bonds. The molecule has 0 aromatic carbocycles. The van der Waals surface area contributed by atoms with Gasteiger partial charge in [-0.05, 0) is 31.8 Å². The third-order valence-electron chi connectivity index (χ3n) is 3.09. The second kappa shape index (κ2) is 11.3. The maximum absolute atomic E-state index is 4.23. The first-order chi connectivity index (χ1) is 8.63. The van der Waals surface area contributed by atoms with E-state index in [0.717, 1.165) is 44.6 Å². The SMILES string of the molecule is CCN(CC)CCNC(=NC)NCCCC(C)C. The highest BCUT2D eigenvalue weighted by Crippen LogP contribution is 2.01. The highest BCUT2D eigenvalue weighted by Gasteiger charge is 2.00. The zero-order chi connectivity index (χ0) is 13.8. The minimum atomic E-state index is 0.782. The van der Waals surface area contributed by atoms with Gasteiger partial charge in [0.1, 0.15) is 0 Å². The number of nitrogens with one attached hydrogen (secondary N) is 2. The number of nitrogens with zero attached hydrogens (tertiary/aromatic N) is 2. The topological polar surface area (TPSA) is 39.7 Å². The van der Waals surface area contributed by atoms with Crippen LogP contribution in [-0.2, 0) is 0 Å². The summed E-state index contributed by atoms with van der Waals surface area (Å²) >= 11 is 0. The van der Waals surface area contributed by atoms with E-state index < -0.39 is 0 Å². The van der Waals surface area contributed by atoms with Crippen LogP contribution in [0.1, 0.15) is 40.5 Å². The second-order valence-electron chi connectivity index (χ2n) is 4.99. The highest BCUT2D eigenvalue weighted by molar-refractivity contribution is 5.79. The molecule has 0 unspecified atom stereocenters. The largest absolute Gasteiger partial charge is 0.356 e. The Morgan fingerprint density at radius 3 is 2.22 bits per heavy atom. The van der Waals surface area contributed by atoms with Crippen LogP contribution in [0.2, 0.25) is 0 Å². The van der Waals surface area contributed by atoms with E-state index >= 15 is 0 Å². The van der Waals surface area contributed by atoms with Crippen molar-refractivity contribution in [2.75, 3.05) is 39.8 Å². The van der Waals surface area contributed by atoms with E-state index in [4.69, 9.17) is 0 Å². The molecule has 4 heteroatoms. The van der Waals surface area contributed by atoms with Crippen LogP contribution in [0.4, 0.5) is 0 Å². The molecule has 0 saturated carbocycles. The van der Waals surface area contributed by atoms with Gasteiger partial charge in [0.25, 0.3) is 0 Å². The summed E-state index contributed by atoms with van der Waals surface area (Å²) in [5.41, 5.74) is 0. The van der Waals surface area contributed by atoms with Gasteiger partial charge < -0.3 is 15.5 Å². The standard InChI is InChI=1S/C14H32N4/c1-6-18(7-2)12-11-17-14(15-5)16-10-8-9-13(3)4/h13H,6-12H2,1-5H3,(H2,15,16,17). The number of rotatable bonds is 9. The van der Waals surface area contributed by atoms with Gasteiger partial charge in [-0.25, -0.2) is 0 Å². The third kappa shape index (κ3) is 9.28. The summed E-state index contributed by atoms with van der Waals surface area (Å²) in [5.74, 6) is 1.70. The smallest absolute Gasteiger partial charge is 0.191 e. The van der Waals surface area contributed by atoms with Crippen molar-refractivity contribution < 1.29 is 0 Å². The molecule has 0 aromatic rings. The predicted molar refractivity (Wildman–Crippen MR) is 81.2 cm³/mol. The van der Waals surface area contributed by atoms with Gasteiger partial charge in [0.15, 0.2) is 5.96 Å². The summed E-state index contributed by atoms with van der Waals surface area (Å²) < 4.78 is 0. The molecular formula is C14H32N4. The average molecular weight is 256 g/mol. The maximum Gasteiger partial charge on any atom is 0.191 e. The Balaban J connectivity index is 3.65. The zero-order valence-electron chi connectivity index (χ0n) is 12.9. The quantitative estimate of drug-likeness (QED) is 0.376. The van der Waals surface area contributed by atoms with Gasteiger partial charge in [-0.3, -0.25) is 4.99 Å². The van der Waals surface area contributed by atoms with Gasteiger partial charge in [-0.2, -0.15) is 0 Å². The molecule has 0 bridgehead atoms. The Morgan fingerprint density at radius 1 is 1.11 bits per heavy atom. The Labute approximate surface area is 113 Å². The molecule has 0 aromatic heterocycles. The monoisotopic (exact) mass is 256 g/mol. The Kier molecular flexibility index (Phi) is 10.8. The fourth-order valence-electron chi connectivity index (χ4n) is 1.81. The van der Waals surface area contributed by atoms with Crippen molar-refractivity contribution in [1.82, 2.24) is 15.5 Å². The molecule has 0 aliphatic carbocycles. The fraction of sp³-hybridized carbons (Fsp3) is 0.929. The van der Waals surface area contributed by atoms with Crippen LogP contribution in [0, 0.1) is 5.92 Å². The first-order valence-electron chi connectivity index (χ1n) is 7.30. The van der Waals surface area contributed by atoms with E-state index in [-0.39, 0.29) is 0 Å². The lowest BCUT2D eigenvalue weighted by Gasteiger charge is -2.19. The van der Waals surface area contributed by atoms with Gasteiger partial charge in [0, 0.05) is 26.7 Å². The molecule has 108 valence electrons. The van der Waals surface area contributed by atoms with Gasteiger partial charge in [0.2, 0.25) is 0 Å². The van der Waals surface area contributed by atoms with E-state index in [2.05, 4.69) is 48.2 Å². The predicted octanol–water partition coefficient (Wildman–Crippen LogP) is 1.93. The molecule has 0 radical (unpaired) electrons. The molecule has 0 atom stereocenters. The first-order valence-corrected chi connectivity index (χ1v) is 7.30. The van der Waals surface area contributed by atoms with Crippen LogP contribution in [0.5, 0.6) is 0 Å². The lowest BCUT2D eigenvalue weighted by atomic mass is 10.1. The average Bonchev–Trinajstić information content (AvgIpc) is 2.36. The Morgan fingerprint density at radius 2 is 1.72 bits per heavy atom. The number of hydrogen-bond donors (Lipinski definition) is 2. The van der Waals surface area contributed by atoms with Gasteiger partial charge in [-0.15, -0.1) is 0 Å². The number of hydrogen-bond acceptors (Lipinski definition) is 2. The van der Waals surface area contributed by atoms with E-state index in [1.807, 2.05) is 7.05 Å². The van der Waals surface area contributed by atoms with Crippen LogP contribution >= 0.6 is 0 Å². The second-order valence-corrected chi connectivity index (χ2v) is 4.99. The molecule has 0 fully saturated rings. The Bertz CT molecular complexity index is 210. The molecule has 0 aliphatic rings. The van der Waals surface area contributed by atoms with Crippen molar-refractivity contribution in [3.05, 3.63) is 0 Å². The number of guanidine groups is 1. The van der Waals surface area contributed by atoms with E-state index in [9.17, 15) is 0 Å². The highest BCUT2D eigenvalue weighted by atomic mass is 15.2. The van der Waals surface area contributed by atoms with E-state index in [0.29, 0.717) is 0 Å². The van der Waals surface area contributed by atoms with Crippen molar-refractivity contribution in [1.29, 1.82) is 0 Å². The lowest BCUT2D eigenvalue weighted by molar-refractivity contribution is 0.308. The minimum Gasteiger partial charge on any atom is -0.356 e. The molecule has 0 saturated heterocycles. The van der Waals surface area contributed by atoms with Gasteiger partial charge in [0.05, 0.1) is 0 Å². The maximum atomic E-state index is 4.23. The van der Waals surface area contributed by atoms with Crippen molar-refractivity contribution in [2.45, 2.75) is 40.5 Å². The molecule has 18 heavy (non-hydrogen) atoms. The third-order valence-corrected chi connectivity index (χ3v) is 3.09. The zero-order valence-corrected chi connectivity index (χ0v) is 12.9. The van der Waals surface area contributed by atoms with Crippen LogP contribution in [-0.4, -0.2) is 50.6 Å². The lowest BCUT2D eigenvalue weighted by Crippen LogP contribution is -2.41. The normalized spacial score (nSPS) is 12.3. The summed E-state index contributed by atoms with van der Waals surface area (Å²) in [6.07, 6.45) is 2.47. The molecule has 0 rings (SSSR count). The van der Waals surface area contributed by atoms with E-state index in [1.54, 1.807) is 0 Å². The molecule has 2 N–H and O–H groups in total. The minimum absolute atomic E-state index is 0.782. The fourth-order valence-corrected chi connectivity index (χ4v) is 1.81. The number of aliphatic imine (C=N–C) groups is 1.